The van der Waals surface area contributed by atoms with Crippen LogP contribution in [-0.2, 0) is 0 Å². The van der Waals surface area contributed by atoms with Crippen molar-refractivity contribution >= 4 is 5.82 Å². The molecule has 0 aliphatic carbocycles. The van der Waals surface area contributed by atoms with Crippen molar-refractivity contribution in [1.82, 2.24) is 9.97 Å². The first kappa shape index (κ1) is 9.96. The highest BCUT2D eigenvalue weighted by atomic mass is 15.0. The molecule has 3 nitrogen and oxygen atoms in total. The molecule has 0 radical (unpaired) electrons. The van der Waals surface area contributed by atoms with Crippen LogP contribution in [0, 0.1) is 12.8 Å². The first-order valence-corrected chi connectivity index (χ1v) is 4.71. The molecule has 1 heterocycles. The lowest BCUT2D eigenvalue weighted by Gasteiger charge is -2.07. The van der Waals surface area contributed by atoms with Crippen LogP contribution < -0.4 is 5.32 Å². The minimum atomic E-state index is 0.732. The van der Waals surface area contributed by atoms with E-state index in [2.05, 4.69) is 29.1 Å². The highest BCUT2D eigenvalue weighted by molar-refractivity contribution is 5.33. The van der Waals surface area contributed by atoms with Crippen LogP contribution in [0.15, 0.2) is 12.4 Å². The summed E-state index contributed by atoms with van der Waals surface area (Å²) in [5.41, 5.74) is 1.00. The van der Waals surface area contributed by atoms with E-state index in [0.717, 1.165) is 24.0 Å². The van der Waals surface area contributed by atoms with Crippen molar-refractivity contribution in [1.29, 1.82) is 0 Å². The van der Waals surface area contributed by atoms with Gasteiger partial charge in [-0.3, -0.25) is 0 Å². The summed E-state index contributed by atoms with van der Waals surface area (Å²) in [6.07, 6.45) is 2.76. The SMILES string of the molecule is Cc1cc(NCCC(C)C)ncn1. The third-order valence-electron chi connectivity index (χ3n) is 1.83. The number of nitrogens with one attached hydrogen (secondary N) is 1. The lowest BCUT2D eigenvalue weighted by atomic mass is 10.1. The Hall–Kier alpha value is -1.12. The molecular weight excluding hydrogens is 162 g/mol. The highest BCUT2D eigenvalue weighted by Crippen LogP contribution is 2.04. The molecule has 1 aromatic rings. The summed E-state index contributed by atoms with van der Waals surface area (Å²) in [7, 11) is 0. The minimum absolute atomic E-state index is 0.732. The minimum Gasteiger partial charge on any atom is -0.370 e. The Morgan fingerprint density at radius 1 is 1.38 bits per heavy atom. The number of hydrogen-bond acceptors (Lipinski definition) is 3. The summed E-state index contributed by atoms with van der Waals surface area (Å²) in [5, 5.41) is 3.27. The zero-order valence-corrected chi connectivity index (χ0v) is 8.54. The topological polar surface area (TPSA) is 37.8 Å². The van der Waals surface area contributed by atoms with Gasteiger partial charge in [0.2, 0.25) is 0 Å². The molecule has 0 fully saturated rings. The quantitative estimate of drug-likeness (QED) is 0.770. The fourth-order valence-electron chi connectivity index (χ4n) is 1.04. The van der Waals surface area contributed by atoms with E-state index in [0.29, 0.717) is 0 Å². The lowest BCUT2D eigenvalue weighted by molar-refractivity contribution is 0.606. The van der Waals surface area contributed by atoms with E-state index >= 15 is 0 Å². The highest BCUT2D eigenvalue weighted by Gasteiger charge is 1.95. The maximum absolute atomic E-state index is 4.11. The van der Waals surface area contributed by atoms with Crippen LogP contribution in [0.5, 0.6) is 0 Å². The average Bonchev–Trinajstić information content (AvgIpc) is 2.03. The normalized spacial score (nSPS) is 10.5. The van der Waals surface area contributed by atoms with Gasteiger partial charge in [0.25, 0.3) is 0 Å². The molecule has 13 heavy (non-hydrogen) atoms. The van der Waals surface area contributed by atoms with Gasteiger partial charge in [-0.15, -0.1) is 0 Å². The van der Waals surface area contributed by atoms with E-state index in [1.807, 2.05) is 13.0 Å². The Kier molecular flexibility index (Phi) is 3.68. The molecule has 0 saturated carbocycles. The van der Waals surface area contributed by atoms with Gasteiger partial charge in [-0.05, 0) is 19.3 Å². The Balaban J connectivity index is 2.37. The molecular formula is C10H17N3. The zero-order chi connectivity index (χ0) is 9.68. The predicted molar refractivity (Wildman–Crippen MR) is 54.7 cm³/mol. The molecule has 72 valence electrons. The van der Waals surface area contributed by atoms with Gasteiger partial charge in [0.05, 0.1) is 0 Å². The predicted octanol–water partition coefficient (Wildman–Crippen LogP) is 2.24. The van der Waals surface area contributed by atoms with Crippen LogP contribution in [0.2, 0.25) is 0 Å². The largest absolute Gasteiger partial charge is 0.370 e. The van der Waals surface area contributed by atoms with Crippen LogP contribution >= 0.6 is 0 Å². The molecule has 0 spiro atoms. The second kappa shape index (κ2) is 4.80. The molecule has 0 amide bonds. The number of nitrogens with zero attached hydrogens (tertiary/aromatic N) is 2. The van der Waals surface area contributed by atoms with Gasteiger partial charge >= 0.3 is 0 Å². The maximum atomic E-state index is 4.11. The second-order valence-corrected chi connectivity index (χ2v) is 3.65. The van der Waals surface area contributed by atoms with Crippen LogP contribution in [0.4, 0.5) is 5.82 Å². The van der Waals surface area contributed by atoms with Gasteiger partial charge < -0.3 is 5.32 Å². The molecule has 1 N–H and O–H groups in total. The van der Waals surface area contributed by atoms with Gasteiger partial charge in [-0.2, -0.15) is 0 Å². The molecule has 0 aliphatic rings. The summed E-state index contributed by atoms with van der Waals surface area (Å²) in [4.78, 5) is 8.15. The third kappa shape index (κ3) is 3.87. The molecule has 0 aromatic carbocycles. The second-order valence-electron chi connectivity index (χ2n) is 3.65. The van der Waals surface area contributed by atoms with Crippen molar-refractivity contribution in [2.45, 2.75) is 27.2 Å². The number of aromatic nitrogens is 2. The van der Waals surface area contributed by atoms with E-state index in [1.165, 1.54) is 6.42 Å². The van der Waals surface area contributed by atoms with Gasteiger partial charge in [0.1, 0.15) is 12.1 Å². The number of hydrogen-bond donors (Lipinski definition) is 1. The third-order valence-corrected chi connectivity index (χ3v) is 1.83. The molecule has 0 bridgehead atoms. The number of anilines is 1. The van der Waals surface area contributed by atoms with Gasteiger partial charge in [0.15, 0.2) is 0 Å². The summed E-state index contributed by atoms with van der Waals surface area (Å²) in [5.74, 6) is 1.66. The van der Waals surface area contributed by atoms with Crippen molar-refractivity contribution in [3.8, 4) is 0 Å². The van der Waals surface area contributed by atoms with Gasteiger partial charge in [0, 0.05) is 18.3 Å². The maximum Gasteiger partial charge on any atom is 0.129 e. The zero-order valence-electron chi connectivity index (χ0n) is 8.54. The molecule has 1 rings (SSSR count). The first-order chi connectivity index (χ1) is 6.18. The first-order valence-electron chi connectivity index (χ1n) is 4.71. The molecule has 3 heteroatoms. The van der Waals surface area contributed by atoms with Crippen molar-refractivity contribution < 1.29 is 0 Å². The Morgan fingerprint density at radius 2 is 2.15 bits per heavy atom. The van der Waals surface area contributed by atoms with Crippen molar-refractivity contribution in [3.63, 3.8) is 0 Å². The molecule has 0 saturated heterocycles. The molecule has 0 unspecified atom stereocenters. The van der Waals surface area contributed by atoms with Crippen LogP contribution in [0.3, 0.4) is 0 Å². The fourth-order valence-corrected chi connectivity index (χ4v) is 1.04. The fraction of sp³-hybridized carbons (Fsp3) is 0.600. The Labute approximate surface area is 79.6 Å². The number of rotatable bonds is 4. The molecule has 0 aliphatic heterocycles. The molecule has 1 aromatic heterocycles. The monoisotopic (exact) mass is 179 g/mol. The summed E-state index contributed by atoms with van der Waals surface area (Å²) in [6.45, 7) is 7.38. The summed E-state index contributed by atoms with van der Waals surface area (Å²) >= 11 is 0. The smallest absolute Gasteiger partial charge is 0.129 e. The Morgan fingerprint density at radius 3 is 2.77 bits per heavy atom. The van der Waals surface area contributed by atoms with E-state index in [-0.39, 0.29) is 0 Å². The van der Waals surface area contributed by atoms with Crippen LogP contribution in [0.25, 0.3) is 0 Å². The average molecular weight is 179 g/mol. The van der Waals surface area contributed by atoms with Gasteiger partial charge in [-0.1, -0.05) is 13.8 Å². The van der Waals surface area contributed by atoms with E-state index in [4.69, 9.17) is 0 Å². The van der Waals surface area contributed by atoms with E-state index in [9.17, 15) is 0 Å². The van der Waals surface area contributed by atoms with Crippen molar-refractivity contribution in [3.05, 3.63) is 18.1 Å². The van der Waals surface area contributed by atoms with Crippen LogP contribution in [-0.4, -0.2) is 16.5 Å². The van der Waals surface area contributed by atoms with E-state index in [1.54, 1.807) is 6.33 Å². The standard InChI is InChI=1S/C10H17N3/c1-8(2)4-5-11-10-6-9(3)12-7-13-10/h6-8H,4-5H2,1-3H3,(H,11,12,13). The van der Waals surface area contributed by atoms with Gasteiger partial charge in [-0.25, -0.2) is 9.97 Å². The Bertz CT molecular complexity index is 258. The molecule has 0 atom stereocenters. The van der Waals surface area contributed by atoms with Crippen molar-refractivity contribution in [2.24, 2.45) is 5.92 Å². The summed E-state index contributed by atoms with van der Waals surface area (Å²) < 4.78 is 0. The number of aryl methyl sites for hydroxylation is 1. The van der Waals surface area contributed by atoms with Crippen LogP contribution in [0.1, 0.15) is 26.0 Å². The van der Waals surface area contributed by atoms with E-state index < -0.39 is 0 Å². The summed E-state index contributed by atoms with van der Waals surface area (Å²) in [6, 6.07) is 1.96. The lowest BCUT2D eigenvalue weighted by Crippen LogP contribution is -2.06. The van der Waals surface area contributed by atoms with Crippen molar-refractivity contribution in [2.75, 3.05) is 11.9 Å².